The minimum absolute atomic E-state index is 0.00439. The van der Waals surface area contributed by atoms with E-state index in [9.17, 15) is 14.0 Å². The normalized spacial score (nSPS) is 14.7. The number of fused-ring (bicyclic) bond motifs is 2. The molecule has 7 nitrogen and oxygen atoms in total. The zero-order valence-electron chi connectivity index (χ0n) is 18.3. The van der Waals surface area contributed by atoms with Crippen molar-refractivity contribution in [1.29, 1.82) is 0 Å². The first kappa shape index (κ1) is 21.4. The molecule has 3 heterocycles. The van der Waals surface area contributed by atoms with Gasteiger partial charge < -0.3 is 9.80 Å². The zero-order chi connectivity index (χ0) is 23.1. The molecule has 168 valence electrons. The van der Waals surface area contributed by atoms with E-state index in [0.29, 0.717) is 51.5 Å². The maximum Gasteiger partial charge on any atom is 0.258 e. The topological polar surface area (TPSA) is 78.4 Å². The van der Waals surface area contributed by atoms with Gasteiger partial charge in [-0.05, 0) is 56.4 Å². The van der Waals surface area contributed by atoms with Crippen molar-refractivity contribution >= 4 is 49.4 Å². The molecule has 1 aliphatic heterocycles. The summed E-state index contributed by atoms with van der Waals surface area (Å²) in [4.78, 5) is 38.8. The summed E-state index contributed by atoms with van der Waals surface area (Å²) < 4.78 is 14.6. The van der Waals surface area contributed by atoms with Crippen molar-refractivity contribution in [3.63, 3.8) is 0 Å². The summed E-state index contributed by atoms with van der Waals surface area (Å²) in [6.45, 7) is 4.92. The standard InChI is InChI=1S/C24H22FN5O2S/c1-14-11-18(17-13-16(25)4-6-19(17)26-14)22(31)28-24-27-20-5-3-15(12-21(20)33-24)23(32)30-9-7-29(2)8-10-30/h3-6,11-13H,7-10H2,1-2H3,(H,27,28,31). The van der Waals surface area contributed by atoms with Crippen molar-refractivity contribution in [2.24, 2.45) is 0 Å². The number of pyridine rings is 1. The van der Waals surface area contributed by atoms with Crippen molar-refractivity contribution in [1.82, 2.24) is 19.8 Å². The summed E-state index contributed by atoms with van der Waals surface area (Å²) in [6.07, 6.45) is 0. The number of halogens is 1. The van der Waals surface area contributed by atoms with Gasteiger partial charge in [-0.25, -0.2) is 9.37 Å². The van der Waals surface area contributed by atoms with Crippen molar-refractivity contribution in [3.8, 4) is 0 Å². The molecule has 1 aliphatic rings. The third-order valence-corrected chi connectivity index (χ3v) is 6.72. The van der Waals surface area contributed by atoms with E-state index in [0.717, 1.165) is 17.8 Å². The number of nitrogens with one attached hydrogen (secondary N) is 1. The monoisotopic (exact) mass is 463 g/mol. The van der Waals surface area contributed by atoms with Crippen LogP contribution in [0.15, 0.2) is 42.5 Å². The van der Waals surface area contributed by atoms with Gasteiger partial charge in [0.2, 0.25) is 0 Å². The average Bonchev–Trinajstić information content (AvgIpc) is 3.20. The third kappa shape index (κ3) is 4.29. The van der Waals surface area contributed by atoms with E-state index in [4.69, 9.17) is 0 Å². The number of benzene rings is 2. The summed E-state index contributed by atoms with van der Waals surface area (Å²) in [5.74, 6) is -0.812. The molecule has 0 unspecified atom stereocenters. The Bertz CT molecular complexity index is 1390. The Balaban J connectivity index is 1.40. The number of amides is 2. The van der Waals surface area contributed by atoms with Gasteiger partial charge in [0.05, 0.1) is 21.3 Å². The van der Waals surface area contributed by atoms with Crippen molar-refractivity contribution in [3.05, 3.63) is 65.1 Å². The lowest BCUT2D eigenvalue weighted by Crippen LogP contribution is -2.47. The van der Waals surface area contributed by atoms with Crippen LogP contribution in [0.5, 0.6) is 0 Å². The first-order valence-corrected chi connectivity index (χ1v) is 11.5. The maximum atomic E-state index is 13.8. The van der Waals surface area contributed by atoms with Gasteiger partial charge >= 0.3 is 0 Å². The number of rotatable bonds is 3. The molecule has 33 heavy (non-hydrogen) atoms. The molecule has 2 amide bonds. The molecule has 2 aromatic heterocycles. The predicted octanol–water partition coefficient (Wildman–Crippen LogP) is 3.93. The lowest BCUT2D eigenvalue weighted by atomic mass is 10.1. The Kier molecular flexibility index (Phi) is 5.51. The number of nitrogens with zero attached hydrogens (tertiary/aromatic N) is 4. The van der Waals surface area contributed by atoms with Crippen LogP contribution in [-0.4, -0.2) is 64.8 Å². The quantitative estimate of drug-likeness (QED) is 0.498. The van der Waals surface area contributed by atoms with E-state index in [1.54, 1.807) is 31.2 Å². The van der Waals surface area contributed by atoms with Gasteiger partial charge in [-0.3, -0.25) is 19.9 Å². The lowest BCUT2D eigenvalue weighted by molar-refractivity contribution is 0.0664. The van der Waals surface area contributed by atoms with E-state index in [1.807, 2.05) is 18.0 Å². The van der Waals surface area contributed by atoms with Crippen LogP contribution in [0.2, 0.25) is 0 Å². The van der Waals surface area contributed by atoms with E-state index < -0.39 is 5.82 Å². The second kappa shape index (κ2) is 8.49. The Morgan fingerprint density at radius 3 is 2.55 bits per heavy atom. The number of hydrogen-bond acceptors (Lipinski definition) is 6. The molecule has 1 fully saturated rings. The Morgan fingerprint density at radius 2 is 1.76 bits per heavy atom. The fraction of sp³-hybridized carbons (Fsp3) is 0.250. The molecule has 0 bridgehead atoms. The van der Waals surface area contributed by atoms with Gasteiger partial charge in [0.25, 0.3) is 11.8 Å². The number of aryl methyl sites for hydroxylation is 1. The Hall–Kier alpha value is -3.43. The Labute approximate surface area is 193 Å². The smallest absolute Gasteiger partial charge is 0.258 e. The van der Waals surface area contributed by atoms with Crippen LogP contribution in [0, 0.1) is 12.7 Å². The van der Waals surface area contributed by atoms with Crippen LogP contribution in [-0.2, 0) is 0 Å². The minimum atomic E-state index is -0.431. The number of carbonyl (C=O) groups excluding carboxylic acids is 2. The van der Waals surface area contributed by atoms with Gasteiger partial charge in [0, 0.05) is 42.8 Å². The van der Waals surface area contributed by atoms with Crippen LogP contribution in [0.3, 0.4) is 0 Å². The van der Waals surface area contributed by atoms with E-state index in [1.165, 1.54) is 23.5 Å². The summed E-state index contributed by atoms with van der Waals surface area (Å²) in [5, 5.41) is 3.68. The predicted molar refractivity (Wildman–Crippen MR) is 127 cm³/mol. The molecule has 0 radical (unpaired) electrons. The molecular weight excluding hydrogens is 441 g/mol. The fourth-order valence-corrected chi connectivity index (χ4v) is 4.89. The van der Waals surface area contributed by atoms with Crippen LogP contribution < -0.4 is 5.32 Å². The SMILES string of the molecule is Cc1cc(C(=O)Nc2nc3ccc(C(=O)N4CCN(C)CC4)cc3s2)c2cc(F)ccc2n1. The molecule has 5 rings (SSSR count). The largest absolute Gasteiger partial charge is 0.336 e. The molecule has 0 spiro atoms. The fourth-order valence-electron chi connectivity index (χ4n) is 3.99. The second-order valence-electron chi connectivity index (χ2n) is 8.22. The molecule has 0 atom stereocenters. The number of thiazole rings is 1. The number of aromatic nitrogens is 2. The summed E-state index contributed by atoms with van der Waals surface area (Å²) in [6, 6.07) is 11.2. The first-order valence-electron chi connectivity index (χ1n) is 10.6. The third-order valence-electron chi connectivity index (χ3n) is 5.79. The van der Waals surface area contributed by atoms with Gasteiger partial charge in [0.15, 0.2) is 5.13 Å². The summed E-state index contributed by atoms with van der Waals surface area (Å²) in [5.41, 5.74) is 2.86. The summed E-state index contributed by atoms with van der Waals surface area (Å²) in [7, 11) is 2.05. The minimum Gasteiger partial charge on any atom is -0.336 e. The van der Waals surface area contributed by atoms with E-state index >= 15 is 0 Å². The summed E-state index contributed by atoms with van der Waals surface area (Å²) >= 11 is 1.30. The Morgan fingerprint density at radius 1 is 1.00 bits per heavy atom. The molecule has 1 N–H and O–H groups in total. The van der Waals surface area contributed by atoms with Crippen LogP contribution in [0.25, 0.3) is 21.1 Å². The van der Waals surface area contributed by atoms with E-state index in [2.05, 4.69) is 20.2 Å². The highest BCUT2D eigenvalue weighted by molar-refractivity contribution is 7.22. The lowest BCUT2D eigenvalue weighted by Gasteiger charge is -2.32. The molecule has 0 aliphatic carbocycles. The number of hydrogen-bond donors (Lipinski definition) is 1. The number of likely N-dealkylation sites (N-methyl/N-ethyl adjacent to an activating group) is 1. The molecule has 0 saturated carbocycles. The highest BCUT2D eigenvalue weighted by atomic mass is 32.1. The van der Waals surface area contributed by atoms with Gasteiger partial charge in [-0.2, -0.15) is 0 Å². The van der Waals surface area contributed by atoms with Gasteiger partial charge in [-0.15, -0.1) is 0 Å². The van der Waals surface area contributed by atoms with Crippen LogP contribution in [0.4, 0.5) is 9.52 Å². The second-order valence-corrected chi connectivity index (χ2v) is 9.25. The zero-order valence-corrected chi connectivity index (χ0v) is 19.1. The highest BCUT2D eigenvalue weighted by Crippen LogP contribution is 2.29. The number of carbonyl (C=O) groups is 2. The molecule has 4 aromatic rings. The molecule has 1 saturated heterocycles. The molecule has 2 aromatic carbocycles. The average molecular weight is 464 g/mol. The molecular formula is C24H22FN5O2S. The number of piperazine rings is 1. The van der Waals surface area contributed by atoms with Crippen molar-refractivity contribution < 1.29 is 14.0 Å². The number of anilines is 1. The van der Waals surface area contributed by atoms with Gasteiger partial charge in [0.1, 0.15) is 5.82 Å². The molecule has 9 heteroatoms. The van der Waals surface area contributed by atoms with Crippen LogP contribution >= 0.6 is 11.3 Å². The highest BCUT2D eigenvalue weighted by Gasteiger charge is 2.21. The van der Waals surface area contributed by atoms with Gasteiger partial charge in [-0.1, -0.05) is 11.3 Å². The van der Waals surface area contributed by atoms with Crippen molar-refractivity contribution in [2.75, 3.05) is 38.5 Å². The maximum absolute atomic E-state index is 13.8. The first-order chi connectivity index (χ1) is 15.9. The van der Waals surface area contributed by atoms with Crippen molar-refractivity contribution in [2.45, 2.75) is 6.92 Å². The van der Waals surface area contributed by atoms with E-state index in [-0.39, 0.29) is 11.8 Å². The van der Waals surface area contributed by atoms with Crippen LogP contribution in [0.1, 0.15) is 26.4 Å².